The van der Waals surface area contributed by atoms with E-state index in [2.05, 4.69) is 246 Å². The van der Waals surface area contributed by atoms with Crippen LogP contribution < -0.4 is 0 Å². The van der Waals surface area contributed by atoms with Crippen LogP contribution in [-0.4, -0.2) is 24.1 Å². The Morgan fingerprint density at radius 3 is 1.61 bits per heavy atom. The Morgan fingerprint density at radius 2 is 0.818 bits per heavy atom. The van der Waals surface area contributed by atoms with E-state index in [1.54, 1.807) is 0 Å². The number of para-hydroxylation sites is 4. The zero-order chi connectivity index (χ0) is 43.6. The van der Waals surface area contributed by atoms with Crippen molar-refractivity contribution in [2.75, 3.05) is 0 Å². The predicted octanol–water partition coefficient (Wildman–Crippen LogP) is 15.6. The van der Waals surface area contributed by atoms with Gasteiger partial charge < -0.3 is 9.13 Å². The van der Waals surface area contributed by atoms with Crippen LogP contribution in [0.4, 0.5) is 0 Å². The molecule has 0 radical (unpaired) electrons. The molecule has 0 bridgehead atoms. The Labute approximate surface area is 381 Å². The van der Waals surface area contributed by atoms with Crippen molar-refractivity contribution in [1.82, 2.24) is 24.1 Å². The molecular weight excluding hydrogens is 803 g/mol. The molecule has 0 spiro atoms. The van der Waals surface area contributed by atoms with Gasteiger partial charge in [-0.15, -0.1) is 0 Å². The quantitative estimate of drug-likeness (QED) is 0.161. The van der Waals surface area contributed by atoms with Gasteiger partial charge in [-0.05, 0) is 81.6 Å². The number of nitrogens with zero attached hydrogens (tertiary/aromatic N) is 5. The van der Waals surface area contributed by atoms with Crippen molar-refractivity contribution in [3.8, 4) is 67.8 Å². The number of benzene rings is 10. The summed E-state index contributed by atoms with van der Waals surface area (Å²) in [6.45, 7) is 0. The first-order valence-corrected chi connectivity index (χ1v) is 22.4. The van der Waals surface area contributed by atoms with E-state index in [1.165, 1.54) is 32.8 Å². The molecule has 0 unspecified atom stereocenters. The molecule has 10 aromatic carbocycles. The monoisotopic (exact) mass is 841 g/mol. The van der Waals surface area contributed by atoms with E-state index in [4.69, 9.17) is 15.0 Å². The number of hydrogen-bond acceptors (Lipinski definition) is 3. The smallest absolute Gasteiger partial charge is 0.164 e. The summed E-state index contributed by atoms with van der Waals surface area (Å²) >= 11 is 0. The SMILES string of the molecule is c1ccc(-c2cccc(-c3ccc(-c4nc(-c5ccc6ccccc6c5)nc(-c5cccc6c5c5ccccc5n6-c5cccc6c7ccccc7n(-c7ccccc7)c56)n4)cc3)c2)cc1. The maximum Gasteiger partial charge on any atom is 0.164 e. The number of aromatic nitrogens is 5. The second-order valence-corrected chi connectivity index (χ2v) is 16.8. The standard InChI is InChI=1S/C61H39N5/c1-3-16-40(17-4-1)45-20-13-21-46(38-45)42-32-35-43(36-33-42)59-62-60(47-37-34-41-18-7-8-19-44(41)39-47)64-61(63-59)52-27-15-30-55-57(52)51-25-10-12-29-54(51)66(55)56-31-14-26-50-49-24-9-11-28-53(49)65(58(50)56)48-22-5-2-6-23-48/h1-39H. The molecule has 3 heterocycles. The van der Waals surface area contributed by atoms with E-state index in [-0.39, 0.29) is 0 Å². The fourth-order valence-electron chi connectivity index (χ4n) is 9.90. The van der Waals surface area contributed by atoms with Crippen LogP contribution in [0.3, 0.4) is 0 Å². The van der Waals surface area contributed by atoms with Gasteiger partial charge in [-0.3, -0.25) is 0 Å². The molecule has 0 atom stereocenters. The molecule has 0 aliphatic heterocycles. The third-order valence-electron chi connectivity index (χ3n) is 13.0. The highest BCUT2D eigenvalue weighted by molar-refractivity contribution is 6.18. The van der Waals surface area contributed by atoms with Crippen LogP contribution in [0, 0.1) is 0 Å². The minimum atomic E-state index is 0.616. The van der Waals surface area contributed by atoms with Crippen molar-refractivity contribution < 1.29 is 0 Å². The Bertz CT molecular complexity index is 3980. The molecule has 0 aliphatic rings. The second-order valence-electron chi connectivity index (χ2n) is 16.8. The Kier molecular flexibility index (Phi) is 8.78. The Balaban J connectivity index is 1.02. The lowest BCUT2D eigenvalue weighted by molar-refractivity contribution is 1.08. The van der Waals surface area contributed by atoms with Crippen LogP contribution in [0.5, 0.6) is 0 Å². The first kappa shape index (κ1) is 37.6. The van der Waals surface area contributed by atoms with Crippen LogP contribution in [-0.2, 0) is 0 Å². The van der Waals surface area contributed by atoms with Crippen molar-refractivity contribution in [2.45, 2.75) is 0 Å². The molecule has 66 heavy (non-hydrogen) atoms. The maximum atomic E-state index is 5.35. The van der Waals surface area contributed by atoms with Gasteiger partial charge >= 0.3 is 0 Å². The van der Waals surface area contributed by atoms with Gasteiger partial charge in [0.2, 0.25) is 0 Å². The minimum Gasteiger partial charge on any atom is -0.307 e. The molecular formula is C61H39N5. The molecule has 308 valence electrons. The largest absolute Gasteiger partial charge is 0.307 e. The lowest BCUT2D eigenvalue weighted by atomic mass is 9.98. The van der Waals surface area contributed by atoms with Gasteiger partial charge in [0.15, 0.2) is 17.5 Å². The van der Waals surface area contributed by atoms with E-state index in [0.29, 0.717) is 17.5 Å². The number of rotatable bonds is 7. The predicted molar refractivity (Wildman–Crippen MR) is 273 cm³/mol. The average molecular weight is 842 g/mol. The first-order chi connectivity index (χ1) is 32.7. The molecule has 3 aromatic heterocycles. The molecule has 5 nitrogen and oxygen atoms in total. The summed E-state index contributed by atoms with van der Waals surface area (Å²) in [5.41, 5.74) is 14.2. The molecule has 13 aromatic rings. The third-order valence-corrected chi connectivity index (χ3v) is 13.0. The Morgan fingerprint density at radius 1 is 0.288 bits per heavy atom. The summed E-state index contributed by atoms with van der Waals surface area (Å²) in [7, 11) is 0. The molecule has 0 fully saturated rings. The van der Waals surface area contributed by atoms with Crippen molar-refractivity contribution in [1.29, 1.82) is 0 Å². The van der Waals surface area contributed by atoms with E-state index in [1.807, 2.05) is 0 Å². The van der Waals surface area contributed by atoms with Crippen LogP contribution in [0.1, 0.15) is 0 Å². The molecule has 13 rings (SSSR count). The van der Waals surface area contributed by atoms with Crippen LogP contribution in [0.2, 0.25) is 0 Å². The van der Waals surface area contributed by atoms with Gasteiger partial charge in [-0.1, -0.05) is 188 Å². The third kappa shape index (κ3) is 6.21. The van der Waals surface area contributed by atoms with Gasteiger partial charge in [0, 0.05) is 43.9 Å². The zero-order valence-corrected chi connectivity index (χ0v) is 35.8. The summed E-state index contributed by atoms with van der Waals surface area (Å²) in [5, 5.41) is 6.93. The fraction of sp³-hybridized carbons (Fsp3) is 0. The van der Waals surface area contributed by atoms with Gasteiger partial charge in [-0.2, -0.15) is 0 Å². The zero-order valence-electron chi connectivity index (χ0n) is 35.8. The number of hydrogen-bond donors (Lipinski definition) is 0. The lowest BCUT2D eigenvalue weighted by Gasteiger charge is -2.14. The molecule has 0 saturated heterocycles. The molecule has 5 heteroatoms. The molecule has 0 N–H and O–H groups in total. The topological polar surface area (TPSA) is 48.5 Å². The van der Waals surface area contributed by atoms with Crippen LogP contribution in [0.25, 0.3) is 122 Å². The maximum absolute atomic E-state index is 5.35. The summed E-state index contributed by atoms with van der Waals surface area (Å²) < 4.78 is 4.83. The van der Waals surface area contributed by atoms with E-state index >= 15 is 0 Å². The van der Waals surface area contributed by atoms with Crippen LogP contribution >= 0.6 is 0 Å². The van der Waals surface area contributed by atoms with Crippen molar-refractivity contribution >= 4 is 54.4 Å². The Hall–Kier alpha value is -8.93. The molecule has 0 amide bonds. The van der Waals surface area contributed by atoms with Gasteiger partial charge in [0.1, 0.15) is 0 Å². The highest BCUT2D eigenvalue weighted by Crippen LogP contribution is 2.42. The molecule has 0 aliphatic carbocycles. The fourth-order valence-corrected chi connectivity index (χ4v) is 9.90. The summed E-state index contributed by atoms with van der Waals surface area (Å²) in [6, 6.07) is 84.0. The van der Waals surface area contributed by atoms with Gasteiger partial charge in [-0.25, -0.2) is 15.0 Å². The van der Waals surface area contributed by atoms with E-state index in [0.717, 1.165) is 71.9 Å². The number of fused-ring (bicyclic) bond motifs is 7. The normalized spacial score (nSPS) is 11.6. The van der Waals surface area contributed by atoms with Crippen molar-refractivity contribution in [2.24, 2.45) is 0 Å². The summed E-state index contributed by atoms with van der Waals surface area (Å²) in [5.74, 6) is 1.86. The average Bonchev–Trinajstić information content (AvgIpc) is 3.92. The highest BCUT2D eigenvalue weighted by Gasteiger charge is 2.23. The van der Waals surface area contributed by atoms with Crippen LogP contribution in [0.15, 0.2) is 237 Å². The summed E-state index contributed by atoms with van der Waals surface area (Å²) in [6.07, 6.45) is 0. The van der Waals surface area contributed by atoms with E-state index in [9.17, 15) is 0 Å². The second kappa shape index (κ2) is 15.4. The lowest BCUT2D eigenvalue weighted by Crippen LogP contribution is -2.01. The van der Waals surface area contributed by atoms with Crippen molar-refractivity contribution in [3.63, 3.8) is 0 Å². The first-order valence-electron chi connectivity index (χ1n) is 22.4. The minimum absolute atomic E-state index is 0.616. The van der Waals surface area contributed by atoms with Gasteiger partial charge in [0.05, 0.1) is 27.8 Å². The van der Waals surface area contributed by atoms with E-state index < -0.39 is 0 Å². The summed E-state index contributed by atoms with van der Waals surface area (Å²) in [4.78, 5) is 15.9. The van der Waals surface area contributed by atoms with Crippen molar-refractivity contribution in [3.05, 3.63) is 237 Å². The van der Waals surface area contributed by atoms with Gasteiger partial charge in [0.25, 0.3) is 0 Å². The molecule has 0 saturated carbocycles. The highest BCUT2D eigenvalue weighted by atomic mass is 15.1.